The first-order chi connectivity index (χ1) is 9.90. The van der Waals surface area contributed by atoms with Gasteiger partial charge in [0.2, 0.25) is 0 Å². The molecule has 1 aliphatic carbocycles. The van der Waals surface area contributed by atoms with Gasteiger partial charge < -0.3 is 5.32 Å². The summed E-state index contributed by atoms with van der Waals surface area (Å²) < 4.78 is 0. The van der Waals surface area contributed by atoms with E-state index in [9.17, 15) is 14.9 Å². The molecular formula is C15H19ClN2O3. The van der Waals surface area contributed by atoms with Crippen LogP contribution in [0, 0.1) is 22.0 Å². The summed E-state index contributed by atoms with van der Waals surface area (Å²) in [5, 5.41) is 13.8. The van der Waals surface area contributed by atoms with Gasteiger partial charge in [0.25, 0.3) is 11.6 Å². The predicted octanol–water partition coefficient (Wildman–Crippen LogP) is 3.80. The molecule has 0 aliphatic heterocycles. The summed E-state index contributed by atoms with van der Waals surface area (Å²) in [6.45, 7) is 4.34. The van der Waals surface area contributed by atoms with Crippen LogP contribution in [0.2, 0.25) is 5.02 Å². The molecule has 1 fully saturated rings. The van der Waals surface area contributed by atoms with Gasteiger partial charge in [0.05, 0.1) is 15.5 Å². The topological polar surface area (TPSA) is 72.2 Å². The molecule has 2 rings (SSSR count). The summed E-state index contributed by atoms with van der Waals surface area (Å²) in [5.41, 5.74) is 0.170. The fraction of sp³-hybridized carbons (Fsp3) is 0.533. The van der Waals surface area contributed by atoms with Crippen molar-refractivity contribution in [2.45, 2.75) is 39.2 Å². The molecule has 1 N–H and O–H groups in total. The summed E-state index contributed by atoms with van der Waals surface area (Å²) in [7, 11) is 0. The van der Waals surface area contributed by atoms with E-state index in [1.807, 2.05) is 0 Å². The van der Waals surface area contributed by atoms with Crippen molar-refractivity contribution >= 4 is 23.2 Å². The Balaban J connectivity index is 2.11. The summed E-state index contributed by atoms with van der Waals surface area (Å²) in [6, 6.07) is 4.05. The van der Waals surface area contributed by atoms with Gasteiger partial charge in [-0.1, -0.05) is 38.3 Å². The first kappa shape index (κ1) is 15.8. The summed E-state index contributed by atoms with van der Waals surface area (Å²) in [4.78, 5) is 22.4. The zero-order valence-corrected chi connectivity index (χ0v) is 12.9. The van der Waals surface area contributed by atoms with E-state index < -0.39 is 4.92 Å². The minimum Gasteiger partial charge on any atom is -0.349 e. The Labute approximate surface area is 128 Å². The largest absolute Gasteiger partial charge is 0.349 e. The number of non-ortho nitro benzene ring substituents is 1. The molecular weight excluding hydrogens is 292 g/mol. The Morgan fingerprint density at radius 1 is 1.38 bits per heavy atom. The van der Waals surface area contributed by atoms with Crippen LogP contribution in [0.15, 0.2) is 18.2 Å². The highest BCUT2D eigenvalue weighted by atomic mass is 35.5. The molecule has 1 aromatic rings. The Hall–Kier alpha value is -1.62. The zero-order valence-electron chi connectivity index (χ0n) is 12.1. The molecule has 0 heterocycles. The maximum absolute atomic E-state index is 12.3. The molecule has 1 aliphatic rings. The number of hydrogen-bond donors (Lipinski definition) is 1. The van der Waals surface area contributed by atoms with E-state index in [4.69, 9.17) is 11.6 Å². The van der Waals surface area contributed by atoms with E-state index in [-0.39, 0.29) is 28.2 Å². The highest BCUT2D eigenvalue weighted by Gasteiger charge is 2.29. The molecule has 114 valence electrons. The predicted molar refractivity (Wildman–Crippen MR) is 81.5 cm³/mol. The van der Waals surface area contributed by atoms with E-state index in [2.05, 4.69) is 19.2 Å². The number of amides is 1. The SMILES string of the molecule is C[C@H]1[C@H](C)CCC[C@@H]1NC(=O)c1ccc([N+](=O)[O-])cc1Cl. The lowest BCUT2D eigenvalue weighted by Crippen LogP contribution is -2.43. The molecule has 0 aromatic heterocycles. The standard InChI is InChI=1S/C15H19ClN2O3/c1-9-4-3-5-14(10(9)2)17-15(19)12-7-6-11(18(20)21)8-13(12)16/h6-10,14H,3-5H2,1-2H3,(H,17,19)/t9-,10+,14+/m1/s1. The van der Waals surface area contributed by atoms with Crippen molar-refractivity contribution in [2.75, 3.05) is 0 Å². The highest BCUT2D eigenvalue weighted by molar-refractivity contribution is 6.34. The van der Waals surface area contributed by atoms with Crippen LogP contribution in [-0.2, 0) is 0 Å². The molecule has 0 spiro atoms. The van der Waals surface area contributed by atoms with Gasteiger partial charge in [-0.25, -0.2) is 0 Å². The van der Waals surface area contributed by atoms with E-state index in [1.165, 1.54) is 24.6 Å². The Morgan fingerprint density at radius 3 is 2.71 bits per heavy atom. The molecule has 5 nitrogen and oxygen atoms in total. The Morgan fingerprint density at radius 2 is 2.10 bits per heavy atom. The van der Waals surface area contributed by atoms with E-state index in [0.29, 0.717) is 11.8 Å². The lowest BCUT2D eigenvalue weighted by atomic mass is 9.78. The fourth-order valence-corrected chi connectivity index (χ4v) is 3.09. The molecule has 1 saturated carbocycles. The van der Waals surface area contributed by atoms with Gasteiger partial charge in [-0.2, -0.15) is 0 Å². The van der Waals surface area contributed by atoms with Crippen LogP contribution in [0.5, 0.6) is 0 Å². The van der Waals surface area contributed by atoms with Gasteiger partial charge in [-0.15, -0.1) is 0 Å². The summed E-state index contributed by atoms with van der Waals surface area (Å²) >= 11 is 5.99. The monoisotopic (exact) mass is 310 g/mol. The summed E-state index contributed by atoms with van der Waals surface area (Å²) in [6.07, 6.45) is 3.25. The normalized spacial score (nSPS) is 25.4. The second-order valence-corrected chi connectivity index (χ2v) is 6.18. The van der Waals surface area contributed by atoms with Crippen molar-refractivity contribution in [2.24, 2.45) is 11.8 Å². The number of rotatable bonds is 3. The number of nitrogens with zero attached hydrogens (tertiary/aromatic N) is 1. The molecule has 6 heteroatoms. The van der Waals surface area contributed by atoms with Crippen LogP contribution in [-0.4, -0.2) is 16.9 Å². The van der Waals surface area contributed by atoms with Crippen LogP contribution in [0.3, 0.4) is 0 Å². The number of carbonyl (C=O) groups is 1. The minimum atomic E-state index is -0.529. The van der Waals surface area contributed by atoms with Crippen molar-refractivity contribution in [3.05, 3.63) is 38.9 Å². The van der Waals surface area contributed by atoms with Crippen molar-refractivity contribution in [1.82, 2.24) is 5.32 Å². The van der Waals surface area contributed by atoms with Gasteiger partial charge in [-0.3, -0.25) is 14.9 Å². The van der Waals surface area contributed by atoms with Crippen molar-refractivity contribution in [1.29, 1.82) is 0 Å². The molecule has 21 heavy (non-hydrogen) atoms. The molecule has 0 radical (unpaired) electrons. The fourth-order valence-electron chi connectivity index (χ4n) is 2.83. The van der Waals surface area contributed by atoms with Crippen LogP contribution in [0.4, 0.5) is 5.69 Å². The highest BCUT2D eigenvalue weighted by Crippen LogP contribution is 2.30. The van der Waals surface area contributed by atoms with Crippen LogP contribution < -0.4 is 5.32 Å². The first-order valence-corrected chi connectivity index (χ1v) is 7.52. The maximum Gasteiger partial charge on any atom is 0.270 e. The lowest BCUT2D eigenvalue weighted by molar-refractivity contribution is -0.384. The van der Waals surface area contributed by atoms with Crippen LogP contribution in [0.1, 0.15) is 43.5 Å². The molecule has 0 unspecified atom stereocenters. The van der Waals surface area contributed by atoms with E-state index in [0.717, 1.165) is 12.8 Å². The maximum atomic E-state index is 12.3. The van der Waals surface area contributed by atoms with Gasteiger partial charge in [0.1, 0.15) is 0 Å². The molecule has 1 aromatic carbocycles. The van der Waals surface area contributed by atoms with Crippen molar-refractivity contribution < 1.29 is 9.72 Å². The van der Waals surface area contributed by atoms with Gasteiger partial charge in [0.15, 0.2) is 0 Å². The zero-order chi connectivity index (χ0) is 15.6. The molecule has 1 amide bonds. The summed E-state index contributed by atoms with van der Waals surface area (Å²) in [5.74, 6) is 0.733. The number of hydrogen-bond acceptors (Lipinski definition) is 3. The average Bonchev–Trinajstić information content (AvgIpc) is 2.43. The Bertz CT molecular complexity index is 562. The number of nitro groups is 1. The van der Waals surface area contributed by atoms with Gasteiger partial charge in [0, 0.05) is 18.2 Å². The van der Waals surface area contributed by atoms with Crippen LogP contribution in [0.25, 0.3) is 0 Å². The lowest BCUT2D eigenvalue weighted by Gasteiger charge is -2.34. The minimum absolute atomic E-state index is 0.109. The van der Waals surface area contributed by atoms with Gasteiger partial charge in [-0.05, 0) is 24.3 Å². The smallest absolute Gasteiger partial charge is 0.270 e. The first-order valence-electron chi connectivity index (χ1n) is 7.15. The third kappa shape index (κ3) is 3.53. The third-order valence-electron chi connectivity index (χ3n) is 4.43. The number of nitrogens with one attached hydrogen (secondary N) is 1. The second kappa shape index (κ2) is 6.43. The molecule has 3 atom stereocenters. The number of halogens is 1. The van der Waals surface area contributed by atoms with E-state index in [1.54, 1.807) is 0 Å². The average molecular weight is 311 g/mol. The van der Waals surface area contributed by atoms with Crippen molar-refractivity contribution in [3.63, 3.8) is 0 Å². The second-order valence-electron chi connectivity index (χ2n) is 5.77. The van der Waals surface area contributed by atoms with Crippen molar-refractivity contribution in [3.8, 4) is 0 Å². The quantitative estimate of drug-likeness (QED) is 0.681. The number of benzene rings is 1. The third-order valence-corrected chi connectivity index (χ3v) is 4.74. The Kier molecular flexibility index (Phi) is 4.83. The molecule has 0 saturated heterocycles. The van der Waals surface area contributed by atoms with E-state index >= 15 is 0 Å². The molecule has 0 bridgehead atoms. The van der Waals surface area contributed by atoms with Gasteiger partial charge >= 0.3 is 0 Å². The number of nitro benzene ring substituents is 1. The van der Waals surface area contributed by atoms with Crippen LogP contribution >= 0.6 is 11.6 Å². The number of carbonyl (C=O) groups excluding carboxylic acids is 1.